The molecule has 0 aromatic carbocycles. The van der Waals surface area contributed by atoms with Crippen LogP contribution in [0.15, 0.2) is 0 Å². The second-order valence-corrected chi connectivity index (χ2v) is 14.9. The van der Waals surface area contributed by atoms with E-state index in [-0.39, 0.29) is 48.1 Å². The molecule has 0 aliphatic heterocycles. The van der Waals surface area contributed by atoms with Crippen molar-refractivity contribution in [1.82, 2.24) is 0 Å². The van der Waals surface area contributed by atoms with Crippen LogP contribution in [-0.4, -0.2) is 26.4 Å². The summed E-state index contributed by atoms with van der Waals surface area (Å²) < 4.78 is 0. The van der Waals surface area contributed by atoms with Gasteiger partial charge >= 0.3 is 21.7 Å². The molecule has 0 radical (unpaired) electrons. The van der Waals surface area contributed by atoms with Crippen LogP contribution in [0.25, 0.3) is 0 Å². The standard InChI is InChI=1S/4C8H17O.Ti/c4*1-8(2,3)6-4-5-7-9;/h4*4-7H2,1-3H3;/q4*-1;+4. The molecule has 0 spiro atoms. The summed E-state index contributed by atoms with van der Waals surface area (Å²) in [5.41, 5.74) is 1.65. The van der Waals surface area contributed by atoms with Crippen molar-refractivity contribution < 1.29 is 42.1 Å². The Kier molecular flexibility index (Phi) is 36.0. The molecule has 224 valence electrons. The Labute approximate surface area is 249 Å². The molecule has 0 bridgehead atoms. The summed E-state index contributed by atoms with van der Waals surface area (Å²) in [7, 11) is 0. The van der Waals surface area contributed by atoms with Gasteiger partial charge in [-0.3, -0.25) is 0 Å². The molecule has 0 fully saturated rings. The Morgan fingerprint density at radius 1 is 0.297 bits per heavy atom. The molecule has 0 atom stereocenters. The molecule has 0 aliphatic carbocycles. The fourth-order valence-electron chi connectivity index (χ4n) is 3.03. The molecular weight excluding hydrogens is 496 g/mol. The molecule has 0 aliphatic rings. The first-order chi connectivity index (χ1) is 16.2. The second kappa shape index (κ2) is 28.1. The maximum absolute atomic E-state index is 10.0. The van der Waals surface area contributed by atoms with Gasteiger partial charge in [0, 0.05) is 0 Å². The van der Waals surface area contributed by atoms with E-state index < -0.39 is 0 Å². The first-order valence-corrected chi connectivity index (χ1v) is 14.6. The Hall–Kier alpha value is 0.554. The topological polar surface area (TPSA) is 92.2 Å². The van der Waals surface area contributed by atoms with E-state index in [4.69, 9.17) is 0 Å². The zero-order valence-electron chi connectivity index (χ0n) is 27.4. The molecule has 0 heterocycles. The first-order valence-electron chi connectivity index (χ1n) is 14.6. The molecule has 0 unspecified atom stereocenters. The van der Waals surface area contributed by atoms with Crippen LogP contribution in [0.1, 0.15) is 160 Å². The van der Waals surface area contributed by atoms with Crippen LogP contribution in [-0.2, 0) is 21.7 Å². The van der Waals surface area contributed by atoms with E-state index >= 15 is 0 Å². The summed E-state index contributed by atoms with van der Waals surface area (Å²) in [4.78, 5) is 0. The Balaban J connectivity index is -0.000000122. The predicted octanol–water partition coefficient (Wildman–Crippen LogP) is 6.25. The van der Waals surface area contributed by atoms with Gasteiger partial charge in [0.05, 0.1) is 0 Å². The van der Waals surface area contributed by atoms with E-state index in [2.05, 4.69) is 83.1 Å². The fourth-order valence-corrected chi connectivity index (χ4v) is 3.03. The van der Waals surface area contributed by atoms with Gasteiger partial charge in [-0.1, -0.05) is 134 Å². The van der Waals surface area contributed by atoms with Crippen molar-refractivity contribution in [3.63, 3.8) is 0 Å². The maximum atomic E-state index is 10.0. The van der Waals surface area contributed by atoms with Gasteiger partial charge in [-0.25, -0.2) is 0 Å². The van der Waals surface area contributed by atoms with Crippen molar-refractivity contribution in [2.45, 2.75) is 160 Å². The van der Waals surface area contributed by atoms with Gasteiger partial charge in [-0.15, -0.1) is 26.4 Å². The van der Waals surface area contributed by atoms with Gasteiger partial charge in [-0.05, 0) is 47.3 Å². The van der Waals surface area contributed by atoms with Crippen molar-refractivity contribution >= 4 is 0 Å². The molecule has 0 rings (SSSR count). The molecule has 0 amide bonds. The molecule has 37 heavy (non-hydrogen) atoms. The minimum absolute atomic E-state index is 0. The Morgan fingerprint density at radius 2 is 0.432 bits per heavy atom. The molecule has 0 saturated heterocycles. The zero-order valence-corrected chi connectivity index (χ0v) is 29.0. The summed E-state index contributed by atoms with van der Waals surface area (Å²) in [6.07, 6.45) is 12.4. The van der Waals surface area contributed by atoms with Crippen molar-refractivity contribution in [3.05, 3.63) is 0 Å². The van der Waals surface area contributed by atoms with Crippen molar-refractivity contribution in [3.8, 4) is 0 Å². The van der Waals surface area contributed by atoms with Crippen LogP contribution in [0.4, 0.5) is 0 Å². The van der Waals surface area contributed by atoms with Gasteiger partial charge < -0.3 is 20.4 Å². The summed E-state index contributed by atoms with van der Waals surface area (Å²) in [6.45, 7) is 26.8. The predicted molar refractivity (Wildman–Crippen MR) is 153 cm³/mol. The fraction of sp³-hybridized carbons (Fsp3) is 1.00. The van der Waals surface area contributed by atoms with E-state index in [9.17, 15) is 20.4 Å². The number of hydrogen-bond donors (Lipinski definition) is 0. The number of unbranched alkanes of at least 4 members (excludes halogenated alkanes) is 4. The van der Waals surface area contributed by atoms with Gasteiger partial charge in [0.15, 0.2) is 0 Å². The molecule has 4 nitrogen and oxygen atoms in total. The average Bonchev–Trinajstić information content (AvgIpc) is 2.67. The third-order valence-electron chi connectivity index (χ3n) is 5.28. The van der Waals surface area contributed by atoms with E-state index in [0.717, 1.165) is 51.4 Å². The van der Waals surface area contributed by atoms with Crippen LogP contribution in [0.3, 0.4) is 0 Å². The monoisotopic (exact) mass is 564 g/mol. The quantitative estimate of drug-likeness (QED) is 0.207. The Bertz CT molecular complexity index is 332. The third-order valence-corrected chi connectivity index (χ3v) is 5.28. The van der Waals surface area contributed by atoms with Crippen LogP contribution in [0.5, 0.6) is 0 Å². The molecule has 0 aromatic heterocycles. The SMILES string of the molecule is CC(C)(C)CCCC[O-].CC(C)(C)CCCC[O-].CC(C)(C)CCCC[O-].CC(C)(C)CCCC[O-].[Ti+4]. The molecular formula is C32H68O4Ti. The zero-order chi connectivity index (χ0) is 29.3. The van der Waals surface area contributed by atoms with Gasteiger partial charge in [0.1, 0.15) is 0 Å². The number of hydrogen-bond acceptors (Lipinski definition) is 4. The first kappa shape index (κ1) is 47.3. The van der Waals surface area contributed by atoms with Crippen LogP contribution in [0, 0.1) is 21.7 Å². The smallest absolute Gasteiger partial charge is 0.854 e. The molecule has 0 aromatic rings. The molecule has 0 saturated carbocycles. The summed E-state index contributed by atoms with van der Waals surface area (Å²) in [5.74, 6) is 0. The molecule has 0 N–H and O–H groups in total. The Morgan fingerprint density at radius 3 is 0.514 bits per heavy atom. The normalized spacial score (nSPS) is 11.7. The summed E-state index contributed by atoms with van der Waals surface area (Å²) >= 11 is 0. The van der Waals surface area contributed by atoms with Crippen LogP contribution in [0.2, 0.25) is 0 Å². The van der Waals surface area contributed by atoms with Gasteiger partial charge in [0.2, 0.25) is 0 Å². The van der Waals surface area contributed by atoms with Gasteiger partial charge in [-0.2, -0.15) is 0 Å². The summed E-state index contributed by atoms with van der Waals surface area (Å²) in [6, 6.07) is 0. The van der Waals surface area contributed by atoms with Crippen LogP contribution >= 0.6 is 0 Å². The minimum Gasteiger partial charge on any atom is -0.854 e. The minimum atomic E-state index is 0. The number of rotatable bonds is 12. The maximum Gasteiger partial charge on any atom is 4.00 e. The molecule has 5 heteroatoms. The van der Waals surface area contributed by atoms with Crippen molar-refractivity contribution in [2.24, 2.45) is 21.7 Å². The van der Waals surface area contributed by atoms with E-state index in [1.54, 1.807) is 0 Å². The van der Waals surface area contributed by atoms with E-state index in [0.29, 0.717) is 21.7 Å². The van der Waals surface area contributed by atoms with E-state index in [1.165, 1.54) is 25.7 Å². The van der Waals surface area contributed by atoms with Crippen LogP contribution < -0.4 is 20.4 Å². The van der Waals surface area contributed by atoms with Crippen molar-refractivity contribution in [1.29, 1.82) is 0 Å². The largest absolute Gasteiger partial charge is 4.00 e. The second-order valence-electron chi connectivity index (χ2n) is 14.9. The third kappa shape index (κ3) is 72.4. The van der Waals surface area contributed by atoms with E-state index in [1.807, 2.05) is 0 Å². The average molecular weight is 565 g/mol. The summed E-state index contributed by atoms with van der Waals surface area (Å²) in [5, 5.41) is 40.1. The van der Waals surface area contributed by atoms with Crippen molar-refractivity contribution in [2.75, 3.05) is 26.4 Å². The van der Waals surface area contributed by atoms with Gasteiger partial charge in [0.25, 0.3) is 0 Å².